The first kappa shape index (κ1) is 13.5. The Morgan fingerprint density at radius 2 is 2.14 bits per heavy atom. The van der Waals surface area contributed by atoms with E-state index in [0.717, 1.165) is 11.1 Å². The number of thioether (sulfide) groups is 1. The number of anilines is 1. The number of nitrogens with two attached hydrogens (primary N) is 1. The van der Waals surface area contributed by atoms with E-state index in [2.05, 4.69) is 6.07 Å². The van der Waals surface area contributed by atoms with Crippen molar-refractivity contribution in [2.75, 3.05) is 5.73 Å². The first-order valence-corrected chi connectivity index (χ1v) is 7.34. The molecule has 0 saturated carbocycles. The van der Waals surface area contributed by atoms with Gasteiger partial charge in [-0.15, -0.1) is 11.8 Å². The number of halogens is 1. The Hall–Kier alpha value is -2.45. The van der Waals surface area contributed by atoms with Crippen LogP contribution in [0, 0.1) is 17.1 Å². The first-order valence-electron chi connectivity index (χ1n) is 6.35. The molecule has 0 aliphatic heterocycles. The van der Waals surface area contributed by atoms with Crippen molar-refractivity contribution in [1.82, 2.24) is 4.40 Å². The van der Waals surface area contributed by atoms with Crippen molar-refractivity contribution < 1.29 is 4.39 Å². The van der Waals surface area contributed by atoms with E-state index < -0.39 is 0 Å². The van der Waals surface area contributed by atoms with E-state index in [1.165, 1.54) is 17.8 Å². The van der Waals surface area contributed by atoms with Gasteiger partial charge in [0.05, 0.1) is 11.1 Å². The number of nitriles is 1. The van der Waals surface area contributed by atoms with Crippen molar-refractivity contribution in [3.8, 4) is 6.07 Å². The van der Waals surface area contributed by atoms with Crippen LogP contribution in [0.25, 0.3) is 5.52 Å². The number of fused-ring (bicyclic) bond motifs is 1. The summed E-state index contributed by atoms with van der Waals surface area (Å²) in [7, 11) is 0. The molecule has 0 saturated heterocycles. The van der Waals surface area contributed by atoms with Gasteiger partial charge in [-0.05, 0) is 35.9 Å². The van der Waals surface area contributed by atoms with Crippen LogP contribution < -0.4 is 5.73 Å². The summed E-state index contributed by atoms with van der Waals surface area (Å²) in [5, 5.41) is 9.33. The van der Waals surface area contributed by atoms with E-state index in [0.29, 0.717) is 21.9 Å². The normalized spacial score (nSPS) is 10.7. The van der Waals surface area contributed by atoms with Crippen LogP contribution >= 0.6 is 11.8 Å². The van der Waals surface area contributed by atoms with Gasteiger partial charge in [0.25, 0.3) is 0 Å². The second-order valence-electron chi connectivity index (χ2n) is 4.61. The molecular formula is C16H12FN3S. The van der Waals surface area contributed by atoms with Crippen LogP contribution in [0.4, 0.5) is 10.1 Å². The third kappa shape index (κ3) is 2.58. The molecule has 0 aliphatic rings. The first-order chi connectivity index (χ1) is 10.2. The van der Waals surface area contributed by atoms with Crippen LogP contribution in [0.1, 0.15) is 11.1 Å². The molecule has 0 radical (unpaired) electrons. The average molecular weight is 297 g/mol. The van der Waals surface area contributed by atoms with Crippen LogP contribution in [-0.2, 0) is 5.75 Å². The highest BCUT2D eigenvalue weighted by molar-refractivity contribution is 7.98. The van der Waals surface area contributed by atoms with Crippen LogP contribution in [0.3, 0.4) is 0 Å². The minimum atomic E-state index is -0.331. The predicted molar refractivity (Wildman–Crippen MR) is 82.5 cm³/mol. The number of benzene rings is 1. The maximum atomic E-state index is 13.8. The van der Waals surface area contributed by atoms with Gasteiger partial charge >= 0.3 is 0 Å². The monoisotopic (exact) mass is 297 g/mol. The molecule has 2 N–H and O–H groups in total. The summed E-state index contributed by atoms with van der Waals surface area (Å²) in [6.07, 6.45) is 3.81. The molecule has 104 valence electrons. The van der Waals surface area contributed by atoms with E-state index in [1.54, 1.807) is 12.1 Å². The molecule has 0 amide bonds. The lowest BCUT2D eigenvalue weighted by Crippen LogP contribution is -1.89. The zero-order valence-electron chi connectivity index (χ0n) is 11.1. The van der Waals surface area contributed by atoms with Gasteiger partial charge in [0.1, 0.15) is 11.9 Å². The Morgan fingerprint density at radius 1 is 1.29 bits per heavy atom. The Kier molecular flexibility index (Phi) is 3.55. The SMILES string of the molecule is N#Cc1c(CSc2ccc(N)cc2F)cn2ccccc12. The number of pyridine rings is 1. The lowest BCUT2D eigenvalue weighted by atomic mass is 10.2. The summed E-state index contributed by atoms with van der Waals surface area (Å²) in [5.74, 6) is 0.202. The predicted octanol–water partition coefficient (Wildman–Crippen LogP) is 3.82. The van der Waals surface area contributed by atoms with Crippen molar-refractivity contribution in [3.63, 3.8) is 0 Å². The third-order valence-electron chi connectivity index (χ3n) is 3.21. The van der Waals surface area contributed by atoms with Gasteiger partial charge in [-0.25, -0.2) is 4.39 Å². The molecule has 3 nitrogen and oxygen atoms in total. The molecule has 21 heavy (non-hydrogen) atoms. The van der Waals surface area contributed by atoms with E-state index >= 15 is 0 Å². The van der Waals surface area contributed by atoms with Gasteiger partial charge in [-0.2, -0.15) is 5.26 Å². The Morgan fingerprint density at radius 3 is 2.90 bits per heavy atom. The van der Waals surface area contributed by atoms with Gasteiger partial charge in [-0.3, -0.25) is 0 Å². The maximum Gasteiger partial charge on any atom is 0.138 e. The molecule has 0 atom stereocenters. The number of hydrogen-bond acceptors (Lipinski definition) is 3. The van der Waals surface area contributed by atoms with Gasteiger partial charge < -0.3 is 10.1 Å². The molecule has 2 heterocycles. The summed E-state index contributed by atoms with van der Waals surface area (Å²) in [6.45, 7) is 0. The third-order valence-corrected chi connectivity index (χ3v) is 4.31. The minimum Gasteiger partial charge on any atom is -0.399 e. The minimum absolute atomic E-state index is 0.331. The van der Waals surface area contributed by atoms with Gasteiger partial charge in [0.2, 0.25) is 0 Å². The van der Waals surface area contributed by atoms with Crippen molar-refractivity contribution in [1.29, 1.82) is 5.26 Å². The fraction of sp³-hybridized carbons (Fsp3) is 0.0625. The van der Waals surface area contributed by atoms with E-state index in [1.807, 2.05) is 35.0 Å². The summed E-state index contributed by atoms with van der Waals surface area (Å²) in [4.78, 5) is 0.531. The van der Waals surface area contributed by atoms with Gasteiger partial charge in [0.15, 0.2) is 0 Å². The van der Waals surface area contributed by atoms with E-state index in [4.69, 9.17) is 5.73 Å². The van der Waals surface area contributed by atoms with Crippen molar-refractivity contribution in [2.24, 2.45) is 0 Å². The zero-order chi connectivity index (χ0) is 14.8. The quantitative estimate of drug-likeness (QED) is 0.590. The summed E-state index contributed by atoms with van der Waals surface area (Å²) in [6, 6.07) is 12.6. The van der Waals surface area contributed by atoms with Crippen molar-refractivity contribution in [2.45, 2.75) is 10.6 Å². The Balaban J connectivity index is 1.90. The zero-order valence-corrected chi connectivity index (χ0v) is 11.9. The number of aromatic nitrogens is 1. The highest BCUT2D eigenvalue weighted by atomic mass is 32.2. The van der Waals surface area contributed by atoms with Gasteiger partial charge in [-0.1, -0.05) is 6.07 Å². The fourth-order valence-electron chi connectivity index (χ4n) is 2.21. The fourth-order valence-corrected chi connectivity index (χ4v) is 3.10. The highest BCUT2D eigenvalue weighted by Crippen LogP contribution is 2.29. The molecule has 2 aromatic heterocycles. The average Bonchev–Trinajstić information content (AvgIpc) is 2.83. The molecule has 3 aromatic rings. The molecule has 0 bridgehead atoms. The number of hydrogen-bond donors (Lipinski definition) is 1. The lowest BCUT2D eigenvalue weighted by Gasteiger charge is -2.03. The standard InChI is InChI=1S/C16H12FN3S/c17-14-7-12(19)4-5-16(14)21-10-11-9-20-6-2-1-3-15(20)13(11)8-18/h1-7,9H,10,19H2. The number of rotatable bonds is 3. The molecule has 0 unspecified atom stereocenters. The summed E-state index contributed by atoms with van der Waals surface area (Å²) >= 11 is 1.36. The molecule has 3 rings (SSSR count). The summed E-state index contributed by atoms with van der Waals surface area (Å²) in [5.41, 5.74) is 8.34. The molecule has 0 fully saturated rings. The topological polar surface area (TPSA) is 54.2 Å². The van der Waals surface area contributed by atoms with Crippen LogP contribution in [0.15, 0.2) is 53.7 Å². The van der Waals surface area contributed by atoms with Crippen LogP contribution in [0.5, 0.6) is 0 Å². The van der Waals surface area contributed by atoms with E-state index in [-0.39, 0.29) is 5.82 Å². The molecule has 0 spiro atoms. The van der Waals surface area contributed by atoms with Crippen LogP contribution in [0.2, 0.25) is 0 Å². The number of nitrogen functional groups attached to an aromatic ring is 1. The van der Waals surface area contributed by atoms with Crippen LogP contribution in [-0.4, -0.2) is 4.40 Å². The second-order valence-corrected chi connectivity index (χ2v) is 5.63. The Labute approximate surface area is 125 Å². The second kappa shape index (κ2) is 5.51. The molecular weight excluding hydrogens is 285 g/mol. The van der Waals surface area contributed by atoms with E-state index in [9.17, 15) is 9.65 Å². The Bertz CT molecular complexity index is 848. The van der Waals surface area contributed by atoms with Crippen molar-refractivity contribution >= 4 is 23.0 Å². The lowest BCUT2D eigenvalue weighted by molar-refractivity contribution is 0.603. The molecule has 1 aromatic carbocycles. The van der Waals surface area contributed by atoms with Crippen molar-refractivity contribution in [3.05, 3.63) is 65.7 Å². The molecule has 5 heteroatoms. The highest BCUT2D eigenvalue weighted by Gasteiger charge is 2.11. The molecule has 0 aliphatic carbocycles. The largest absolute Gasteiger partial charge is 0.399 e. The summed E-state index contributed by atoms with van der Waals surface area (Å²) < 4.78 is 15.7. The smallest absolute Gasteiger partial charge is 0.138 e. The van der Waals surface area contributed by atoms with Gasteiger partial charge in [0, 0.05) is 28.7 Å². The maximum absolute atomic E-state index is 13.8. The number of nitrogens with zero attached hydrogens (tertiary/aromatic N) is 2.